The summed E-state index contributed by atoms with van der Waals surface area (Å²) in [5.74, 6) is 1.50. The summed E-state index contributed by atoms with van der Waals surface area (Å²) in [5, 5.41) is 9.88. The van der Waals surface area contributed by atoms with Gasteiger partial charge in [-0.05, 0) is 37.3 Å². The molecule has 0 spiro atoms. The average Bonchev–Trinajstić information content (AvgIpc) is 3.37. The van der Waals surface area contributed by atoms with Gasteiger partial charge in [-0.25, -0.2) is 0 Å². The molecule has 1 heterocycles. The number of hydrogen-bond acceptors (Lipinski definition) is 3. The van der Waals surface area contributed by atoms with E-state index in [0.29, 0.717) is 5.75 Å². The third-order valence-corrected chi connectivity index (χ3v) is 5.87. The molecule has 0 radical (unpaired) electrons. The van der Waals surface area contributed by atoms with E-state index in [1.807, 2.05) is 35.2 Å². The number of piperidine rings is 1. The summed E-state index contributed by atoms with van der Waals surface area (Å²) in [7, 11) is 0. The number of aliphatic hydroxyl groups is 1. The van der Waals surface area contributed by atoms with Crippen LogP contribution in [0.3, 0.4) is 0 Å². The Balaban J connectivity index is 1.55. The van der Waals surface area contributed by atoms with E-state index in [4.69, 9.17) is 0 Å². The number of rotatable bonds is 6. The summed E-state index contributed by atoms with van der Waals surface area (Å²) < 4.78 is 0. The van der Waals surface area contributed by atoms with Gasteiger partial charge < -0.3 is 10.0 Å². The van der Waals surface area contributed by atoms with Gasteiger partial charge in [-0.15, -0.1) is 11.8 Å². The zero-order valence-electron chi connectivity index (χ0n) is 13.0. The predicted octanol–water partition coefficient (Wildman–Crippen LogP) is 3.18. The minimum Gasteiger partial charge on any atom is -0.396 e. The van der Waals surface area contributed by atoms with Crippen molar-refractivity contribution in [2.75, 3.05) is 25.4 Å². The van der Waals surface area contributed by atoms with E-state index in [9.17, 15) is 9.90 Å². The second-order valence-electron chi connectivity index (χ2n) is 6.83. The van der Waals surface area contributed by atoms with Crippen LogP contribution in [-0.4, -0.2) is 41.4 Å². The number of thioether (sulfide) groups is 1. The fraction of sp³-hybridized carbons (Fsp3) is 0.611. The van der Waals surface area contributed by atoms with Crippen LogP contribution in [0.4, 0.5) is 0 Å². The molecule has 3 nitrogen and oxygen atoms in total. The number of likely N-dealkylation sites (tertiary alicyclic amines) is 1. The first-order valence-electron chi connectivity index (χ1n) is 8.27. The van der Waals surface area contributed by atoms with Crippen LogP contribution in [0.5, 0.6) is 0 Å². The van der Waals surface area contributed by atoms with Gasteiger partial charge in [0.15, 0.2) is 0 Å². The summed E-state index contributed by atoms with van der Waals surface area (Å²) in [4.78, 5) is 15.6. The summed E-state index contributed by atoms with van der Waals surface area (Å²) in [6.07, 6.45) is 5.79. The molecule has 2 fully saturated rings. The first-order chi connectivity index (χ1) is 10.7. The number of hydrogen-bond donors (Lipinski definition) is 1. The van der Waals surface area contributed by atoms with E-state index >= 15 is 0 Å². The summed E-state index contributed by atoms with van der Waals surface area (Å²) >= 11 is 1.60. The molecule has 120 valence electrons. The molecule has 1 aliphatic carbocycles. The van der Waals surface area contributed by atoms with Crippen LogP contribution < -0.4 is 0 Å². The first kappa shape index (κ1) is 15.9. The Morgan fingerprint density at radius 3 is 2.77 bits per heavy atom. The van der Waals surface area contributed by atoms with Crippen molar-refractivity contribution < 1.29 is 9.90 Å². The Labute approximate surface area is 137 Å². The SMILES string of the molecule is O=C(CSc1ccccc1)N1CCCC(CO)(CC2CC2)C1. The quantitative estimate of drug-likeness (QED) is 0.819. The van der Waals surface area contributed by atoms with Gasteiger partial charge in [0.25, 0.3) is 0 Å². The average molecular weight is 319 g/mol. The summed E-state index contributed by atoms with van der Waals surface area (Å²) in [6.45, 7) is 1.81. The van der Waals surface area contributed by atoms with Gasteiger partial charge in [0, 0.05) is 23.4 Å². The van der Waals surface area contributed by atoms with Gasteiger partial charge in [0.05, 0.1) is 12.4 Å². The number of benzene rings is 1. The molecule has 1 unspecified atom stereocenters. The number of nitrogens with zero attached hydrogens (tertiary/aromatic N) is 1. The maximum Gasteiger partial charge on any atom is 0.232 e. The van der Waals surface area contributed by atoms with E-state index < -0.39 is 0 Å². The highest BCUT2D eigenvalue weighted by molar-refractivity contribution is 8.00. The third kappa shape index (κ3) is 4.05. The van der Waals surface area contributed by atoms with Gasteiger partial charge in [-0.1, -0.05) is 31.0 Å². The van der Waals surface area contributed by atoms with Crippen LogP contribution in [0.25, 0.3) is 0 Å². The van der Waals surface area contributed by atoms with Crippen LogP contribution in [0.1, 0.15) is 32.1 Å². The Bertz CT molecular complexity index is 503. The molecule has 1 amide bonds. The Hall–Kier alpha value is -1.00. The molecular weight excluding hydrogens is 294 g/mol. The second-order valence-corrected chi connectivity index (χ2v) is 7.87. The number of carbonyl (C=O) groups excluding carboxylic acids is 1. The monoisotopic (exact) mass is 319 g/mol. The molecule has 1 atom stereocenters. The Morgan fingerprint density at radius 1 is 1.32 bits per heavy atom. The van der Waals surface area contributed by atoms with E-state index in [1.165, 1.54) is 12.8 Å². The minimum absolute atomic E-state index is 0.0352. The highest BCUT2D eigenvalue weighted by atomic mass is 32.2. The van der Waals surface area contributed by atoms with Gasteiger partial charge in [0.1, 0.15) is 0 Å². The van der Waals surface area contributed by atoms with E-state index in [1.54, 1.807) is 11.8 Å². The largest absolute Gasteiger partial charge is 0.396 e. The van der Waals surface area contributed by atoms with Crippen molar-refractivity contribution in [1.82, 2.24) is 4.90 Å². The van der Waals surface area contributed by atoms with E-state index in [-0.39, 0.29) is 17.9 Å². The maximum atomic E-state index is 12.5. The molecule has 1 saturated carbocycles. The molecule has 22 heavy (non-hydrogen) atoms. The lowest BCUT2D eigenvalue weighted by Gasteiger charge is -2.42. The lowest BCUT2D eigenvalue weighted by Crippen LogP contribution is -2.48. The minimum atomic E-state index is -0.0352. The normalized spacial score (nSPS) is 25.2. The Kier molecular flexibility index (Phi) is 5.09. The molecule has 0 aromatic heterocycles. The van der Waals surface area contributed by atoms with Crippen molar-refractivity contribution in [3.63, 3.8) is 0 Å². The number of amides is 1. The van der Waals surface area contributed by atoms with Crippen molar-refractivity contribution in [1.29, 1.82) is 0 Å². The molecule has 3 rings (SSSR count). The fourth-order valence-corrected chi connectivity index (χ4v) is 4.29. The van der Waals surface area contributed by atoms with Crippen LogP contribution in [-0.2, 0) is 4.79 Å². The van der Waals surface area contributed by atoms with Gasteiger partial charge in [-0.3, -0.25) is 4.79 Å². The van der Waals surface area contributed by atoms with Crippen molar-refractivity contribution in [3.8, 4) is 0 Å². The molecular formula is C18H25NO2S. The molecule has 0 bridgehead atoms. The van der Waals surface area contributed by atoms with Crippen molar-refractivity contribution in [2.24, 2.45) is 11.3 Å². The smallest absolute Gasteiger partial charge is 0.232 e. The van der Waals surface area contributed by atoms with Crippen molar-refractivity contribution >= 4 is 17.7 Å². The van der Waals surface area contributed by atoms with Crippen LogP contribution in [0, 0.1) is 11.3 Å². The topological polar surface area (TPSA) is 40.5 Å². The molecule has 1 saturated heterocycles. The van der Waals surface area contributed by atoms with E-state index in [0.717, 1.165) is 43.2 Å². The molecule has 4 heteroatoms. The highest BCUT2D eigenvalue weighted by Gasteiger charge is 2.40. The lowest BCUT2D eigenvalue weighted by atomic mass is 9.76. The molecule has 1 aromatic carbocycles. The highest BCUT2D eigenvalue weighted by Crippen LogP contribution is 2.44. The number of carbonyl (C=O) groups is 1. The Morgan fingerprint density at radius 2 is 2.09 bits per heavy atom. The van der Waals surface area contributed by atoms with Crippen molar-refractivity contribution in [2.45, 2.75) is 37.0 Å². The zero-order chi connectivity index (χ0) is 15.4. The van der Waals surface area contributed by atoms with Gasteiger partial charge in [-0.2, -0.15) is 0 Å². The molecule has 1 aliphatic heterocycles. The zero-order valence-corrected chi connectivity index (χ0v) is 13.9. The first-order valence-corrected chi connectivity index (χ1v) is 9.26. The van der Waals surface area contributed by atoms with Crippen LogP contribution >= 0.6 is 11.8 Å². The molecule has 2 aliphatic rings. The van der Waals surface area contributed by atoms with Crippen LogP contribution in [0.15, 0.2) is 35.2 Å². The number of aliphatic hydroxyl groups excluding tert-OH is 1. The standard InChI is InChI=1S/C18H25NO2S/c20-14-18(11-15-7-8-15)9-4-10-19(13-18)17(21)12-22-16-5-2-1-3-6-16/h1-3,5-6,15,20H,4,7-14H2. The van der Waals surface area contributed by atoms with E-state index in [2.05, 4.69) is 0 Å². The second kappa shape index (κ2) is 7.05. The fourth-order valence-electron chi connectivity index (χ4n) is 3.47. The summed E-state index contributed by atoms with van der Waals surface area (Å²) in [6, 6.07) is 10.1. The summed E-state index contributed by atoms with van der Waals surface area (Å²) in [5.41, 5.74) is -0.0352. The van der Waals surface area contributed by atoms with Crippen LogP contribution in [0.2, 0.25) is 0 Å². The van der Waals surface area contributed by atoms with Gasteiger partial charge >= 0.3 is 0 Å². The maximum absolute atomic E-state index is 12.5. The van der Waals surface area contributed by atoms with Crippen molar-refractivity contribution in [3.05, 3.63) is 30.3 Å². The third-order valence-electron chi connectivity index (χ3n) is 4.87. The van der Waals surface area contributed by atoms with Gasteiger partial charge in [0.2, 0.25) is 5.91 Å². The lowest BCUT2D eigenvalue weighted by molar-refractivity contribution is -0.133. The molecule has 1 aromatic rings. The molecule has 1 N–H and O–H groups in total. The predicted molar refractivity (Wildman–Crippen MR) is 89.8 cm³/mol.